The van der Waals surface area contributed by atoms with Gasteiger partial charge in [0, 0.05) is 0 Å². The first-order chi connectivity index (χ1) is 4.83. The topological polar surface area (TPSA) is 60.7 Å². The van der Waals surface area contributed by atoms with Gasteiger partial charge in [0.05, 0.1) is 4.87 Å². The van der Waals surface area contributed by atoms with Crippen LogP contribution in [0, 0.1) is 0 Å². The molecule has 3 N–H and O–H groups in total. The van der Waals surface area contributed by atoms with Gasteiger partial charge < -0.3 is 0 Å². The number of alkyl halides is 1. The van der Waals surface area contributed by atoms with Crippen molar-refractivity contribution in [1.29, 1.82) is 0 Å². The van der Waals surface area contributed by atoms with Crippen molar-refractivity contribution in [1.82, 2.24) is 0 Å². The van der Waals surface area contributed by atoms with E-state index in [1.807, 2.05) is 13.8 Å². The molecule has 0 rings (SSSR count). The van der Waals surface area contributed by atoms with Crippen molar-refractivity contribution in [2.24, 2.45) is 0 Å². The minimum absolute atomic E-state index is 0.117. The van der Waals surface area contributed by atoms with Crippen LogP contribution in [0.2, 0.25) is 0 Å². The van der Waals surface area contributed by atoms with Crippen LogP contribution < -0.4 is 0 Å². The second kappa shape index (κ2) is 4.01. The molecule has 0 bridgehead atoms. The summed E-state index contributed by atoms with van der Waals surface area (Å²) in [5, 5.41) is 0. The van der Waals surface area contributed by atoms with Gasteiger partial charge in [-0.1, -0.05) is 13.8 Å². The van der Waals surface area contributed by atoms with Gasteiger partial charge in [-0.05, 0) is 12.8 Å². The van der Waals surface area contributed by atoms with Gasteiger partial charge in [0.15, 0.2) is 6.16 Å². The van der Waals surface area contributed by atoms with E-state index in [1.165, 1.54) is 0 Å². The first kappa shape index (κ1) is 11.6. The SMILES string of the molecule is CCC(Cl)(CC)C[P+](O)(O)O. The molecule has 0 unspecified atom stereocenters. The Bertz CT molecular complexity index is 119. The predicted molar refractivity (Wildman–Crippen MR) is 47.6 cm³/mol. The maximum Gasteiger partial charge on any atom is 0.405 e. The lowest BCUT2D eigenvalue weighted by Crippen LogP contribution is -2.25. The van der Waals surface area contributed by atoms with Crippen LogP contribution in [0.25, 0.3) is 0 Å². The first-order valence-electron chi connectivity index (χ1n) is 3.58. The van der Waals surface area contributed by atoms with Crippen molar-refractivity contribution >= 4 is 19.5 Å². The molecular weight excluding hydrogens is 186 g/mol. The number of hydrogen-bond donors (Lipinski definition) is 3. The summed E-state index contributed by atoms with van der Waals surface area (Å²) < 4.78 is 0. The highest BCUT2D eigenvalue weighted by atomic mass is 35.5. The summed E-state index contributed by atoms with van der Waals surface area (Å²) in [5.41, 5.74) is 0. The van der Waals surface area contributed by atoms with E-state index in [9.17, 15) is 0 Å². The van der Waals surface area contributed by atoms with Crippen molar-refractivity contribution in [3.63, 3.8) is 0 Å². The first-order valence-corrected chi connectivity index (χ1v) is 5.79. The van der Waals surface area contributed by atoms with E-state index in [4.69, 9.17) is 26.3 Å². The average molecular weight is 202 g/mol. The molecule has 0 aliphatic heterocycles. The Morgan fingerprint density at radius 3 is 1.64 bits per heavy atom. The Hall–Kier alpha value is 0.600. The maximum absolute atomic E-state index is 8.75. The molecule has 0 amide bonds. The molecule has 0 heterocycles. The smallest absolute Gasteiger partial charge is 0.193 e. The molecule has 0 fully saturated rings. The minimum atomic E-state index is -3.70. The second-order valence-electron chi connectivity index (χ2n) is 2.71. The van der Waals surface area contributed by atoms with Gasteiger partial charge in [0.1, 0.15) is 0 Å². The van der Waals surface area contributed by atoms with Gasteiger partial charge in [-0.2, -0.15) is 14.7 Å². The quantitative estimate of drug-likeness (QED) is 0.478. The van der Waals surface area contributed by atoms with Gasteiger partial charge in [-0.15, -0.1) is 11.6 Å². The van der Waals surface area contributed by atoms with Gasteiger partial charge in [-0.25, -0.2) is 0 Å². The van der Waals surface area contributed by atoms with Crippen LogP contribution in [-0.2, 0) is 0 Å². The molecule has 11 heavy (non-hydrogen) atoms. The molecule has 0 saturated heterocycles. The molecule has 0 aliphatic rings. The highest BCUT2D eigenvalue weighted by molar-refractivity contribution is 7.58. The zero-order chi connectivity index (χ0) is 9.12. The molecule has 0 spiro atoms. The van der Waals surface area contributed by atoms with Crippen molar-refractivity contribution in [3.8, 4) is 0 Å². The second-order valence-corrected chi connectivity index (χ2v) is 5.21. The maximum atomic E-state index is 8.75. The van der Waals surface area contributed by atoms with E-state index in [-0.39, 0.29) is 6.16 Å². The van der Waals surface area contributed by atoms with Crippen LogP contribution >= 0.6 is 19.5 Å². The van der Waals surface area contributed by atoms with Crippen molar-refractivity contribution in [2.75, 3.05) is 6.16 Å². The Kier molecular flexibility index (Phi) is 4.23. The largest absolute Gasteiger partial charge is 0.405 e. The summed E-state index contributed by atoms with van der Waals surface area (Å²) in [7, 11) is -3.70. The van der Waals surface area contributed by atoms with Crippen LogP contribution in [0.3, 0.4) is 0 Å². The van der Waals surface area contributed by atoms with Gasteiger partial charge >= 0.3 is 7.94 Å². The number of hydrogen-bond acceptors (Lipinski definition) is 3. The van der Waals surface area contributed by atoms with E-state index < -0.39 is 12.8 Å². The Labute approximate surface area is 72.6 Å². The monoisotopic (exact) mass is 201 g/mol. The van der Waals surface area contributed by atoms with Crippen molar-refractivity contribution in [3.05, 3.63) is 0 Å². The van der Waals surface area contributed by atoms with Gasteiger partial charge in [0.2, 0.25) is 0 Å². The fourth-order valence-electron chi connectivity index (χ4n) is 0.854. The third-order valence-electron chi connectivity index (χ3n) is 1.76. The molecule has 0 aromatic rings. The Morgan fingerprint density at radius 1 is 1.18 bits per heavy atom. The molecule has 0 aliphatic carbocycles. The molecular formula is C6H15ClO3P+. The van der Waals surface area contributed by atoms with E-state index in [2.05, 4.69) is 0 Å². The molecule has 0 aromatic heterocycles. The highest BCUT2D eigenvalue weighted by Crippen LogP contribution is 2.50. The molecule has 0 radical (unpaired) electrons. The summed E-state index contributed by atoms with van der Waals surface area (Å²) in [5.74, 6) is 0. The lowest BCUT2D eigenvalue weighted by atomic mass is 10.1. The van der Waals surface area contributed by atoms with Gasteiger partial charge in [-0.3, -0.25) is 0 Å². The molecule has 5 heteroatoms. The standard InChI is InChI=1S/C6H15ClO3P/c1-3-6(7,4-2)5-11(8,9)10/h8-10H,3-5H2,1-2H3/q+1. The Balaban J connectivity index is 4.08. The summed E-state index contributed by atoms with van der Waals surface area (Å²) in [4.78, 5) is 25.6. The fraction of sp³-hybridized carbons (Fsp3) is 1.00. The predicted octanol–water partition coefficient (Wildman–Crippen LogP) is 1.52. The summed E-state index contributed by atoms with van der Waals surface area (Å²) >= 11 is 5.94. The molecule has 0 aromatic carbocycles. The van der Waals surface area contributed by atoms with E-state index in [1.54, 1.807) is 0 Å². The van der Waals surface area contributed by atoms with Crippen LogP contribution in [0.5, 0.6) is 0 Å². The summed E-state index contributed by atoms with van der Waals surface area (Å²) in [6.45, 7) is 3.71. The third-order valence-corrected chi connectivity index (χ3v) is 3.65. The molecule has 0 atom stereocenters. The van der Waals surface area contributed by atoms with Crippen LogP contribution in [0.1, 0.15) is 26.7 Å². The van der Waals surface area contributed by atoms with Crippen LogP contribution in [-0.4, -0.2) is 25.7 Å². The molecule has 68 valence electrons. The van der Waals surface area contributed by atoms with Crippen molar-refractivity contribution in [2.45, 2.75) is 31.6 Å². The van der Waals surface area contributed by atoms with Crippen LogP contribution in [0.15, 0.2) is 0 Å². The Morgan fingerprint density at radius 2 is 1.55 bits per heavy atom. The highest BCUT2D eigenvalue weighted by Gasteiger charge is 2.41. The molecule has 3 nitrogen and oxygen atoms in total. The number of halogens is 1. The zero-order valence-corrected chi connectivity index (χ0v) is 8.44. The third kappa shape index (κ3) is 4.94. The van der Waals surface area contributed by atoms with Crippen LogP contribution in [0.4, 0.5) is 0 Å². The summed E-state index contributed by atoms with van der Waals surface area (Å²) in [6.07, 6.45) is 1.12. The number of rotatable bonds is 4. The normalized spacial score (nSPS) is 13.6. The average Bonchev–Trinajstić information content (AvgIpc) is 1.84. The van der Waals surface area contributed by atoms with E-state index in [0.29, 0.717) is 12.8 Å². The molecule has 0 saturated carbocycles. The zero-order valence-electron chi connectivity index (χ0n) is 6.79. The lowest BCUT2D eigenvalue weighted by Gasteiger charge is -2.22. The fourth-order valence-corrected chi connectivity index (χ4v) is 2.54. The van der Waals surface area contributed by atoms with E-state index in [0.717, 1.165) is 0 Å². The lowest BCUT2D eigenvalue weighted by molar-refractivity contribution is 0.321. The summed E-state index contributed by atoms with van der Waals surface area (Å²) in [6, 6.07) is 0. The van der Waals surface area contributed by atoms with Crippen molar-refractivity contribution < 1.29 is 14.7 Å². The van der Waals surface area contributed by atoms with E-state index >= 15 is 0 Å². The van der Waals surface area contributed by atoms with Gasteiger partial charge in [0.25, 0.3) is 0 Å². The minimum Gasteiger partial charge on any atom is -0.193 e.